The number of nitro benzene ring substituents is 1. The third-order valence-corrected chi connectivity index (χ3v) is 3.39. The fourth-order valence-corrected chi connectivity index (χ4v) is 2.36. The molecular weight excluding hydrogens is 244 g/mol. The largest absolute Gasteiger partial charge is 0.373 e. The summed E-state index contributed by atoms with van der Waals surface area (Å²) in [5, 5.41) is 23.1. The first-order valence-electron chi connectivity index (χ1n) is 6.25. The number of nitrogens with zero attached hydrogens (tertiary/aromatic N) is 3. The van der Waals surface area contributed by atoms with Crippen LogP contribution in [0.1, 0.15) is 18.4 Å². The Morgan fingerprint density at radius 2 is 2.42 bits per heavy atom. The Labute approximate surface area is 111 Å². The molecule has 6 nitrogen and oxygen atoms in total. The molecule has 1 heterocycles. The van der Waals surface area contributed by atoms with Gasteiger partial charge in [0, 0.05) is 31.4 Å². The molecule has 1 atom stereocenters. The maximum absolute atomic E-state index is 10.8. The fraction of sp³-hybridized carbons (Fsp3) is 0.462. The number of benzene rings is 1. The van der Waals surface area contributed by atoms with Crippen molar-refractivity contribution >= 4 is 11.4 Å². The number of nitriles is 1. The highest BCUT2D eigenvalue weighted by Crippen LogP contribution is 2.24. The molecule has 19 heavy (non-hydrogen) atoms. The predicted octanol–water partition coefficient (Wildman–Crippen LogP) is 1.65. The molecule has 0 aromatic heterocycles. The van der Waals surface area contributed by atoms with Crippen LogP contribution >= 0.6 is 0 Å². The van der Waals surface area contributed by atoms with Crippen LogP contribution in [0.3, 0.4) is 0 Å². The molecule has 0 aliphatic carbocycles. The second kappa shape index (κ2) is 5.67. The highest BCUT2D eigenvalue weighted by Gasteiger charge is 2.18. The van der Waals surface area contributed by atoms with Crippen LogP contribution in [-0.4, -0.2) is 31.1 Å². The first-order valence-corrected chi connectivity index (χ1v) is 6.25. The summed E-state index contributed by atoms with van der Waals surface area (Å²) in [4.78, 5) is 12.3. The van der Waals surface area contributed by atoms with Gasteiger partial charge in [-0.3, -0.25) is 10.1 Å². The Bertz CT molecular complexity index is 518. The topological polar surface area (TPSA) is 82.2 Å². The lowest BCUT2D eigenvalue weighted by molar-refractivity contribution is -0.385. The van der Waals surface area contributed by atoms with Gasteiger partial charge in [0.25, 0.3) is 5.69 Å². The smallest absolute Gasteiger partial charge is 0.287 e. The standard InChI is InChI=1S/C13H16N4O2/c1-16(9-11-3-2-6-15-11)12-4-5-13(17(18)19)10(7-12)8-14/h4-5,7,11,15H,2-3,6,9H2,1H3. The zero-order chi connectivity index (χ0) is 13.8. The first-order chi connectivity index (χ1) is 9.11. The molecule has 0 amide bonds. The van der Waals surface area contributed by atoms with Crippen LogP contribution in [-0.2, 0) is 0 Å². The molecule has 0 saturated carbocycles. The number of nitrogens with one attached hydrogen (secondary N) is 1. The lowest BCUT2D eigenvalue weighted by Crippen LogP contribution is -2.35. The number of hydrogen-bond donors (Lipinski definition) is 1. The van der Waals surface area contributed by atoms with Crippen LogP contribution in [0.4, 0.5) is 11.4 Å². The van der Waals surface area contributed by atoms with Gasteiger partial charge in [-0.2, -0.15) is 5.26 Å². The van der Waals surface area contributed by atoms with Gasteiger partial charge in [0.2, 0.25) is 0 Å². The van der Waals surface area contributed by atoms with Crippen LogP contribution in [0.5, 0.6) is 0 Å². The van der Waals surface area contributed by atoms with E-state index in [0.717, 1.165) is 25.2 Å². The van der Waals surface area contributed by atoms with Crippen molar-refractivity contribution < 1.29 is 4.92 Å². The van der Waals surface area contributed by atoms with Gasteiger partial charge in [-0.1, -0.05) is 0 Å². The third kappa shape index (κ3) is 3.01. The molecular formula is C13H16N4O2. The third-order valence-electron chi connectivity index (χ3n) is 3.39. The minimum atomic E-state index is -0.527. The summed E-state index contributed by atoms with van der Waals surface area (Å²) >= 11 is 0. The van der Waals surface area contributed by atoms with Crippen LogP contribution < -0.4 is 10.2 Å². The van der Waals surface area contributed by atoms with Gasteiger partial charge in [0.1, 0.15) is 11.6 Å². The van der Waals surface area contributed by atoms with Crippen LogP contribution in [0.2, 0.25) is 0 Å². The van der Waals surface area contributed by atoms with Crippen LogP contribution in [0.25, 0.3) is 0 Å². The molecule has 1 unspecified atom stereocenters. The van der Waals surface area contributed by atoms with E-state index in [1.165, 1.54) is 12.5 Å². The number of nitro groups is 1. The fourth-order valence-electron chi connectivity index (χ4n) is 2.36. The van der Waals surface area contributed by atoms with E-state index in [1.807, 2.05) is 18.0 Å². The number of rotatable bonds is 4. The van der Waals surface area contributed by atoms with Gasteiger partial charge < -0.3 is 10.2 Å². The van der Waals surface area contributed by atoms with Crippen molar-refractivity contribution in [3.8, 4) is 6.07 Å². The SMILES string of the molecule is CN(CC1CCCN1)c1ccc([N+](=O)[O-])c(C#N)c1. The lowest BCUT2D eigenvalue weighted by Gasteiger charge is -2.23. The van der Waals surface area contributed by atoms with E-state index in [4.69, 9.17) is 5.26 Å². The molecule has 1 fully saturated rings. The molecule has 1 aliphatic heterocycles. The molecule has 1 aromatic carbocycles. The van der Waals surface area contributed by atoms with Crippen molar-refractivity contribution in [2.75, 3.05) is 25.0 Å². The number of likely N-dealkylation sites (N-methyl/N-ethyl adjacent to an activating group) is 1. The quantitative estimate of drug-likeness (QED) is 0.657. The Kier molecular flexibility index (Phi) is 3.97. The Morgan fingerprint density at radius 1 is 1.63 bits per heavy atom. The summed E-state index contributed by atoms with van der Waals surface area (Å²) in [6.45, 7) is 1.88. The van der Waals surface area contributed by atoms with Crippen molar-refractivity contribution in [2.24, 2.45) is 0 Å². The van der Waals surface area contributed by atoms with E-state index >= 15 is 0 Å². The molecule has 1 N–H and O–H groups in total. The highest BCUT2D eigenvalue weighted by molar-refractivity contribution is 5.59. The van der Waals surface area contributed by atoms with Crippen molar-refractivity contribution in [3.63, 3.8) is 0 Å². The molecule has 0 radical (unpaired) electrons. The molecule has 6 heteroatoms. The molecule has 100 valence electrons. The number of anilines is 1. The van der Waals surface area contributed by atoms with E-state index in [1.54, 1.807) is 12.1 Å². The van der Waals surface area contributed by atoms with E-state index in [2.05, 4.69) is 5.32 Å². The van der Waals surface area contributed by atoms with E-state index in [9.17, 15) is 10.1 Å². The van der Waals surface area contributed by atoms with Crippen LogP contribution in [0, 0.1) is 21.4 Å². The summed E-state index contributed by atoms with van der Waals surface area (Å²) < 4.78 is 0. The summed E-state index contributed by atoms with van der Waals surface area (Å²) in [6, 6.07) is 6.99. The average molecular weight is 260 g/mol. The van der Waals surface area contributed by atoms with Gasteiger partial charge in [0.05, 0.1) is 4.92 Å². The Hall–Kier alpha value is -2.13. The van der Waals surface area contributed by atoms with E-state index in [-0.39, 0.29) is 11.3 Å². The Morgan fingerprint density at radius 3 is 3.00 bits per heavy atom. The normalized spacial score (nSPS) is 18.0. The van der Waals surface area contributed by atoms with Crippen molar-refractivity contribution in [2.45, 2.75) is 18.9 Å². The van der Waals surface area contributed by atoms with Crippen LogP contribution in [0.15, 0.2) is 18.2 Å². The number of hydrogen-bond acceptors (Lipinski definition) is 5. The minimum absolute atomic E-state index is 0.105. The highest BCUT2D eigenvalue weighted by atomic mass is 16.6. The van der Waals surface area contributed by atoms with Gasteiger partial charge in [-0.15, -0.1) is 0 Å². The van der Waals surface area contributed by atoms with E-state index < -0.39 is 4.92 Å². The van der Waals surface area contributed by atoms with Gasteiger partial charge in [0.15, 0.2) is 0 Å². The zero-order valence-corrected chi connectivity index (χ0v) is 10.8. The zero-order valence-electron chi connectivity index (χ0n) is 10.8. The summed E-state index contributed by atoms with van der Waals surface area (Å²) in [5.41, 5.74) is 0.795. The minimum Gasteiger partial charge on any atom is -0.373 e. The second-order valence-corrected chi connectivity index (χ2v) is 4.74. The van der Waals surface area contributed by atoms with E-state index in [0.29, 0.717) is 6.04 Å². The second-order valence-electron chi connectivity index (χ2n) is 4.74. The summed E-state index contributed by atoms with van der Waals surface area (Å²) in [7, 11) is 1.93. The lowest BCUT2D eigenvalue weighted by atomic mass is 10.1. The maximum Gasteiger partial charge on any atom is 0.287 e. The van der Waals surface area contributed by atoms with Crippen molar-refractivity contribution in [1.82, 2.24) is 5.32 Å². The summed E-state index contributed by atoms with van der Waals surface area (Å²) in [5.74, 6) is 0. The molecule has 1 aliphatic rings. The molecule has 0 spiro atoms. The van der Waals surface area contributed by atoms with Gasteiger partial charge in [-0.25, -0.2) is 0 Å². The molecule has 2 rings (SSSR count). The van der Waals surface area contributed by atoms with Gasteiger partial charge in [-0.05, 0) is 31.5 Å². The predicted molar refractivity (Wildman–Crippen MR) is 72.1 cm³/mol. The first kappa shape index (κ1) is 13.3. The van der Waals surface area contributed by atoms with Crippen molar-refractivity contribution in [1.29, 1.82) is 5.26 Å². The molecule has 1 saturated heterocycles. The molecule has 0 bridgehead atoms. The monoisotopic (exact) mass is 260 g/mol. The Balaban J connectivity index is 2.16. The van der Waals surface area contributed by atoms with Gasteiger partial charge >= 0.3 is 0 Å². The van der Waals surface area contributed by atoms with Crippen molar-refractivity contribution in [3.05, 3.63) is 33.9 Å². The molecule has 1 aromatic rings. The summed E-state index contributed by atoms with van der Waals surface area (Å²) in [6.07, 6.45) is 2.32. The average Bonchev–Trinajstić information content (AvgIpc) is 2.90. The maximum atomic E-state index is 10.8.